The SMILES string of the molecule is CCCCC(Oc1ccc(-c2ccc(C(C)(C)C)cc2)c(C)c1)c1ccc(C(=O)NCCC(=O)O)s1. The number of aryl methyl sites for hydroxylation is 1. The smallest absolute Gasteiger partial charge is 0.305 e. The van der Waals surface area contributed by atoms with Crippen molar-refractivity contribution in [1.29, 1.82) is 0 Å². The molecule has 3 aromatic rings. The first kappa shape index (κ1) is 27.5. The number of carbonyl (C=O) groups excluding carboxylic acids is 1. The van der Waals surface area contributed by atoms with Crippen molar-refractivity contribution in [2.75, 3.05) is 6.54 Å². The fourth-order valence-corrected chi connectivity index (χ4v) is 5.00. The lowest BCUT2D eigenvalue weighted by atomic mass is 9.86. The van der Waals surface area contributed by atoms with Crippen molar-refractivity contribution in [2.45, 2.75) is 71.8 Å². The van der Waals surface area contributed by atoms with E-state index in [0.717, 1.165) is 35.5 Å². The van der Waals surface area contributed by atoms with Gasteiger partial charge in [0.25, 0.3) is 5.91 Å². The number of carboxylic acids is 1. The largest absolute Gasteiger partial charge is 0.485 e. The van der Waals surface area contributed by atoms with Crippen LogP contribution >= 0.6 is 11.3 Å². The molecule has 0 aliphatic rings. The maximum absolute atomic E-state index is 12.4. The van der Waals surface area contributed by atoms with Gasteiger partial charge in [-0.05, 0) is 71.7 Å². The molecule has 1 amide bonds. The summed E-state index contributed by atoms with van der Waals surface area (Å²) in [4.78, 5) is 24.6. The summed E-state index contributed by atoms with van der Waals surface area (Å²) in [6.45, 7) is 11.0. The van der Waals surface area contributed by atoms with Gasteiger partial charge in [-0.1, -0.05) is 64.4 Å². The molecule has 1 aromatic heterocycles. The van der Waals surface area contributed by atoms with Gasteiger partial charge < -0.3 is 15.2 Å². The number of aliphatic carboxylic acids is 1. The number of carboxylic acid groups (broad SMARTS) is 1. The molecular weight excluding hydrogens is 470 g/mol. The summed E-state index contributed by atoms with van der Waals surface area (Å²) in [5.74, 6) is -0.373. The molecule has 36 heavy (non-hydrogen) atoms. The van der Waals surface area contributed by atoms with Gasteiger partial charge in [0.05, 0.1) is 11.3 Å². The maximum atomic E-state index is 12.4. The van der Waals surface area contributed by atoms with Gasteiger partial charge in [-0.25, -0.2) is 0 Å². The fourth-order valence-electron chi connectivity index (χ4n) is 4.01. The van der Waals surface area contributed by atoms with Gasteiger partial charge in [0.1, 0.15) is 11.9 Å². The molecule has 192 valence electrons. The van der Waals surface area contributed by atoms with Gasteiger partial charge in [-0.2, -0.15) is 0 Å². The number of hydrogen-bond donors (Lipinski definition) is 2. The van der Waals surface area contributed by atoms with Crippen LogP contribution in [-0.4, -0.2) is 23.5 Å². The highest BCUT2D eigenvalue weighted by atomic mass is 32.1. The van der Waals surface area contributed by atoms with Gasteiger partial charge in [0, 0.05) is 11.4 Å². The third kappa shape index (κ3) is 7.44. The lowest BCUT2D eigenvalue weighted by Gasteiger charge is -2.20. The van der Waals surface area contributed by atoms with E-state index < -0.39 is 5.97 Å². The van der Waals surface area contributed by atoms with E-state index in [2.05, 4.69) is 76.3 Å². The zero-order chi connectivity index (χ0) is 26.3. The van der Waals surface area contributed by atoms with Crippen molar-refractivity contribution in [2.24, 2.45) is 0 Å². The third-order valence-electron chi connectivity index (χ3n) is 6.15. The van der Waals surface area contributed by atoms with E-state index in [1.807, 2.05) is 12.1 Å². The molecular formula is C30H37NO4S. The Morgan fingerprint density at radius 3 is 2.39 bits per heavy atom. The number of nitrogens with one attached hydrogen (secondary N) is 1. The highest BCUT2D eigenvalue weighted by molar-refractivity contribution is 7.14. The quantitative estimate of drug-likeness (QED) is 0.281. The van der Waals surface area contributed by atoms with E-state index in [4.69, 9.17) is 9.84 Å². The van der Waals surface area contributed by atoms with Crippen LogP contribution in [0.5, 0.6) is 5.75 Å². The summed E-state index contributed by atoms with van der Waals surface area (Å²) in [7, 11) is 0. The molecule has 0 saturated carbocycles. The predicted octanol–water partition coefficient (Wildman–Crippen LogP) is 7.54. The first-order valence-corrected chi connectivity index (χ1v) is 13.4. The molecule has 1 atom stereocenters. The number of hydrogen-bond acceptors (Lipinski definition) is 4. The molecule has 2 N–H and O–H groups in total. The molecule has 1 heterocycles. The van der Waals surface area contributed by atoms with Crippen LogP contribution in [-0.2, 0) is 10.2 Å². The van der Waals surface area contributed by atoms with Gasteiger partial charge in [-0.15, -0.1) is 11.3 Å². The first-order chi connectivity index (χ1) is 17.1. The monoisotopic (exact) mass is 507 g/mol. The Kier molecular flexibility index (Phi) is 9.32. The van der Waals surface area contributed by atoms with Crippen LogP contribution in [0.15, 0.2) is 54.6 Å². The number of carbonyl (C=O) groups is 2. The second-order valence-corrected chi connectivity index (χ2v) is 11.3. The third-order valence-corrected chi connectivity index (χ3v) is 7.33. The van der Waals surface area contributed by atoms with Gasteiger partial charge >= 0.3 is 5.97 Å². The summed E-state index contributed by atoms with van der Waals surface area (Å²) in [5, 5.41) is 11.4. The minimum absolute atomic E-state index is 0.0950. The van der Waals surface area contributed by atoms with Gasteiger partial charge in [0.15, 0.2) is 0 Å². The number of amides is 1. The molecule has 2 aromatic carbocycles. The minimum atomic E-state index is -0.932. The zero-order valence-corrected chi connectivity index (χ0v) is 22.7. The van der Waals surface area contributed by atoms with Crippen molar-refractivity contribution in [3.05, 3.63) is 75.5 Å². The van der Waals surface area contributed by atoms with E-state index in [-0.39, 0.29) is 30.4 Å². The van der Waals surface area contributed by atoms with Crippen molar-refractivity contribution in [1.82, 2.24) is 5.32 Å². The van der Waals surface area contributed by atoms with E-state index >= 15 is 0 Å². The second-order valence-electron chi connectivity index (χ2n) is 10.2. The molecule has 0 fully saturated rings. The van der Waals surface area contributed by atoms with Gasteiger partial charge in [0.2, 0.25) is 0 Å². The Morgan fingerprint density at radius 2 is 1.78 bits per heavy atom. The number of unbranched alkanes of at least 4 members (excludes halogenated alkanes) is 1. The Bertz CT molecular complexity index is 1170. The van der Waals surface area contributed by atoms with E-state index in [0.29, 0.717) is 4.88 Å². The number of ether oxygens (including phenoxy) is 1. The molecule has 0 saturated heterocycles. The molecule has 0 bridgehead atoms. The van der Waals surface area contributed by atoms with Crippen LogP contribution in [0, 0.1) is 6.92 Å². The average Bonchev–Trinajstić information content (AvgIpc) is 3.31. The Labute approximate surface area is 218 Å². The highest BCUT2D eigenvalue weighted by Crippen LogP contribution is 2.34. The highest BCUT2D eigenvalue weighted by Gasteiger charge is 2.19. The lowest BCUT2D eigenvalue weighted by molar-refractivity contribution is -0.136. The standard InChI is InChI=1S/C30H37NO4S/c1-6-7-8-25(26-15-16-27(36-26)29(34)31-18-17-28(32)33)35-23-13-14-24(20(2)19-23)21-9-11-22(12-10-21)30(3,4)5/h9-16,19,25H,6-8,17-18H2,1-5H3,(H,31,34)(H,32,33). The summed E-state index contributed by atoms with van der Waals surface area (Å²) in [6, 6.07) is 18.7. The maximum Gasteiger partial charge on any atom is 0.305 e. The van der Waals surface area contributed by atoms with Crippen molar-refractivity contribution >= 4 is 23.2 Å². The van der Waals surface area contributed by atoms with Gasteiger partial charge in [-0.3, -0.25) is 9.59 Å². The summed E-state index contributed by atoms with van der Waals surface area (Å²) < 4.78 is 6.44. The number of thiophene rings is 1. The summed E-state index contributed by atoms with van der Waals surface area (Å²) in [6.07, 6.45) is 2.68. The van der Waals surface area contributed by atoms with Crippen LogP contribution < -0.4 is 10.1 Å². The van der Waals surface area contributed by atoms with Crippen LogP contribution in [0.2, 0.25) is 0 Å². The lowest BCUT2D eigenvalue weighted by Crippen LogP contribution is -2.25. The van der Waals surface area contributed by atoms with E-state index in [1.165, 1.54) is 28.0 Å². The molecule has 5 nitrogen and oxygen atoms in total. The van der Waals surface area contributed by atoms with Crippen LogP contribution in [0.1, 0.15) is 85.2 Å². The van der Waals surface area contributed by atoms with Crippen molar-refractivity contribution in [3.8, 4) is 16.9 Å². The number of rotatable bonds is 11. The molecule has 0 aliphatic carbocycles. The average molecular weight is 508 g/mol. The second kappa shape index (κ2) is 12.2. The predicted molar refractivity (Wildman–Crippen MR) is 147 cm³/mol. The molecule has 3 rings (SSSR count). The van der Waals surface area contributed by atoms with Crippen LogP contribution in [0.25, 0.3) is 11.1 Å². The summed E-state index contributed by atoms with van der Waals surface area (Å²) >= 11 is 1.40. The molecule has 1 unspecified atom stereocenters. The Balaban J connectivity index is 1.75. The van der Waals surface area contributed by atoms with Crippen molar-refractivity contribution < 1.29 is 19.4 Å². The van der Waals surface area contributed by atoms with E-state index in [9.17, 15) is 9.59 Å². The minimum Gasteiger partial charge on any atom is -0.485 e. The number of benzene rings is 2. The summed E-state index contributed by atoms with van der Waals surface area (Å²) in [5.41, 5.74) is 4.96. The van der Waals surface area contributed by atoms with E-state index in [1.54, 1.807) is 6.07 Å². The fraction of sp³-hybridized carbons (Fsp3) is 0.400. The van der Waals surface area contributed by atoms with Crippen molar-refractivity contribution in [3.63, 3.8) is 0 Å². The molecule has 6 heteroatoms. The molecule has 0 aliphatic heterocycles. The Hall–Kier alpha value is -3.12. The molecule has 0 radical (unpaired) electrons. The molecule has 0 spiro atoms. The first-order valence-electron chi connectivity index (χ1n) is 12.6. The normalized spacial score (nSPS) is 12.2. The Morgan fingerprint density at radius 1 is 1.06 bits per heavy atom. The van der Waals surface area contributed by atoms with Crippen LogP contribution in [0.4, 0.5) is 0 Å². The topological polar surface area (TPSA) is 75.6 Å². The van der Waals surface area contributed by atoms with Crippen LogP contribution in [0.3, 0.4) is 0 Å². The zero-order valence-electron chi connectivity index (χ0n) is 21.9.